The Balaban J connectivity index is 2.56. The zero-order valence-corrected chi connectivity index (χ0v) is 12.4. The fourth-order valence-corrected chi connectivity index (χ4v) is 2.34. The highest BCUT2D eigenvalue weighted by Gasteiger charge is 2.29. The lowest BCUT2D eigenvalue weighted by Gasteiger charge is -2.39. The summed E-state index contributed by atoms with van der Waals surface area (Å²) in [7, 11) is 2.00. The van der Waals surface area contributed by atoms with Crippen LogP contribution in [0.1, 0.15) is 26.2 Å². The average molecular weight is 301 g/mol. The van der Waals surface area contributed by atoms with Crippen LogP contribution >= 0.6 is 0 Å². The molecule has 0 aliphatic carbocycles. The Hall–Kier alpha value is -1.83. The van der Waals surface area contributed by atoms with Gasteiger partial charge in [-0.1, -0.05) is 6.92 Å². The minimum atomic E-state index is -1.22. The van der Waals surface area contributed by atoms with Crippen LogP contribution in [0.2, 0.25) is 0 Å². The van der Waals surface area contributed by atoms with Gasteiger partial charge in [0.2, 0.25) is 0 Å². The summed E-state index contributed by atoms with van der Waals surface area (Å²) in [6, 6.07) is -1.36. The summed E-state index contributed by atoms with van der Waals surface area (Å²) < 4.78 is 0. The Labute approximate surface area is 123 Å². The van der Waals surface area contributed by atoms with Gasteiger partial charge in [0.05, 0.1) is 0 Å². The van der Waals surface area contributed by atoms with Gasteiger partial charge in [-0.25, -0.2) is 9.59 Å². The Morgan fingerprint density at radius 1 is 1.29 bits per heavy atom. The molecule has 0 bridgehead atoms. The Morgan fingerprint density at radius 3 is 2.48 bits per heavy atom. The van der Waals surface area contributed by atoms with Crippen LogP contribution in [0.25, 0.3) is 0 Å². The summed E-state index contributed by atoms with van der Waals surface area (Å²) in [5, 5.41) is 20.0. The molecular weight excluding hydrogens is 278 g/mol. The van der Waals surface area contributed by atoms with E-state index < -0.39 is 24.0 Å². The van der Waals surface area contributed by atoms with E-state index in [0.717, 1.165) is 13.0 Å². The SMILES string of the molecule is CCC1CN(C(=O)NC(CCC(=O)O)C(=O)O)CCN1C. The second kappa shape index (κ2) is 7.82. The van der Waals surface area contributed by atoms with Crippen molar-refractivity contribution >= 4 is 18.0 Å². The molecule has 1 saturated heterocycles. The molecule has 2 unspecified atom stereocenters. The molecule has 2 atom stereocenters. The smallest absolute Gasteiger partial charge is 0.326 e. The number of hydrogen-bond acceptors (Lipinski definition) is 4. The maximum Gasteiger partial charge on any atom is 0.326 e. The van der Waals surface area contributed by atoms with Crippen molar-refractivity contribution in [3.63, 3.8) is 0 Å². The zero-order chi connectivity index (χ0) is 16.0. The second-order valence-electron chi connectivity index (χ2n) is 5.26. The number of amides is 2. The molecule has 0 saturated carbocycles. The number of nitrogens with zero attached hydrogens (tertiary/aromatic N) is 2. The van der Waals surface area contributed by atoms with Crippen LogP contribution in [0.3, 0.4) is 0 Å². The van der Waals surface area contributed by atoms with Crippen molar-refractivity contribution in [2.75, 3.05) is 26.7 Å². The minimum absolute atomic E-state index is 0.124. The van der Waals surface area contributed by atoms with E-state index in [4.69, 9.17) is 10.2 Å². The molecule has 0 radical (unpaired) electrons. The Morgan fingerprint density at radius 2 is 1.95 bits per heavy atom. The molecule has 2 amide bonds. The van der Waals surface area contributed by atoms with E-state index >= 15 is 0 Å². The molecule has 1 aliphatic rings. The van der Waals surface area contributed by atoms with Crippen LogP contribution in [0.4, 0.5) is 4.79 Å². The predicted octanol–water partition coefficient (Wildman–Crippen LogP) is 0.0400. The average Bonchev–Trinajstić information content (AvgIpc) is 2.43. The van der Waals surface area contributed by atoms with E-state index in [0.29, 0.717) is 13.1 Å². The third-order valence-corrected chi connectivity index (χ3v) is 3.78. The van der Waals surface area contributed by atoms with Crippen molar-refractivity contribution in [3.8, 4) is 0 Å². The Kier molecular flexibility index (Phi) is 6.41. The van der Waals surface area contributed by atoms with Gasteiger partial charge in [-0.2, -0.15) is 0 Å². The summed E-state index contributed by atoms with van der Waals surface area (Å²) in [6.07, 6.45) is 0.487. The highest BCUT2D eigenvalue weighted by Crippen LogP contribution is 2.11. The standard InChI is InChI=1S/C13H23N3O5/c1-3-9-8-16(7-6-15(9)2)13(21)14-10(12(19)20)4-5-11(17)18/h9-10H,3-8H2,1-2H3,(H,14,21)(H,17,18)(H,19,20). The van der Waals surface area contributed by atoms with E-state index in [1.807, 2.05) is 14.0 Å². The third kappa shape index (κ3) is 5.22. The van der Waals surface area contributed by atoms with Gasteiger partial charge in [-0.15, -0.1) is 0 Å². The zero-order valence-electron chi connectivity index (χ0n) is 12.4. The summed E-state index contributed by atoms with van der Waals surface area (Å²) in [6.45, 7) is 3.85. The van der Waals surface area contributed by atoms with Crippen molar-refractivity contribution in [1.82, 2.24) is 15.1 Å². The first kappa shape index (κ1) is 17.2. The first-order chi connectivity index (χ1) is 9.85. The molecule has 1 fully saturated rings. The molecule has 8 heteroatoms. The molecule has 0 aromatic carbocycles. The van der Waals surface area contributed by atoms with Crippen molar-refractivity contribution in [1.29, 1.82) is 0 Å². The number of aliphatic carboxylic acids is 2. The van der Waals surface area contributed by atoms with Crippen LogP contribution in [0, 0.1) is 0 Å². The summed E-state index contributed by atoms with van der Waals surface area (Å²) in [4.78, 5) is 37.4. The number of urea groups is 1. The normalized spacial score (nSPS) is 20.9. The van der Waals surface area contributed by atoms with E-state index in [1.165, 1.54) is 0 Å². The largest absolute Gasteiger partial charge is 0.481 e. The maximum absolute atomic E-state index is 12.1. The lowest BCUT2D eigenvalue weighted by atomic mass is 10.1. The highest BCUT2D eigenvalue weighted by molar-refractivity contribution is 5.83. The molecule has 0 spiro atoms. The molecule has 0 aromatic heterocycles. The number of carboxylic acids is 2. The van der Waals surface area contributed by atoms with Crippen molar-refractivity contribution in [3.05, 3.63) is 0 Å². The van der Waals surface area contributed by atoms with Gasteiger partial charge in [0, 0.05) is 32.1 Å². The van der Waals surface area contributed by atoms with E-state index in [2.05, 4.69) is 10.2 Å². The Bertz CT molecular complexity index is 401. The first-order valence-corrected chi connectivity index (χ1v) is 7.05. The molecule has 21 heavy (non-hydrogen) atoms. The lowest BCUT2D eigenvalue weighted by Crippen LogP contribution is -2.57. The van der Waals surface area contributed by atoms with Crippen LogP contribution in [0.15, 0.2) is 0 Å². The number of rotatable bonds is 6. The van der Waals surface area contributed by atoms with Crippen LogP contribution in [-0.4, -0.2) is 76.7 Å². The van der Waals surface area contributed by atoms with Gasteiger partial charge in [0.15, 0.2) is 0 Å². The fourth-order valence-electron chi connectivity index (χ4n) is 2.34. The summed E-state index contributed by atoms with van der Waals surface area (Å²) in [5.41, 5.74) is 0. The molecule has 1 rings (SSSR count). The highest BCUT2D eigenvalue weighted by atomic mass is 16.4. The number of carboxylic acid groups (broad SMARTS) is 2. The number of carbonyl (C=O) groups is 3. The van der Waals surface area contributed by atoms with Gasteiger partial charge in [-0.05, 0) is 19.9 Å². The maximum atomic E-state index is 12.1. The molecular formula is C13H23N3O5. The number of carbonyl (C=O) groups excluding carboxylic acids is 1. The molecule has 1 heterocycles. The topological polar surface area (TPSA) is 110 Å². The van der Waals surface area contributed by atoms with Gasteiger partial charge in [0.25, 0.3) is 0 Å². The third-order valence-electron chi connectivity index (χ3n) is 3.78. The number of piperazine rings is 1. The summed E-state index contributed by atoms with van der Waals surface area (Å²) >= 11 is 0. The van der Waals surface area contributed by atoms with Crippen LogP contribution in [0.5, 0.6) is 0 Å². The second-order valence-corrected chi connectivity index (χ2v) is 5.26. The van der Waals surface area contributed by atoms with Crippen molar-refractivity contribution < 1.29 is 24.6 Å². The van der Waals surface area contributed by atoms with Gasteiger partial charge in [-0.3, -0.25) is 9.69 Å². The van der Waals surface area contributed by atoms with Crippen LogP contribution < -0.4 is 5.32 Å². The van der Waals surface area contributed by atoms with Gasteiger partial charge < -0.3 is 20.4 Å². The van der Waals surface area contributed by atoms with Crippen LogP contribution in [-0.2, 0) is 9.59 Å². The predicted molar refractivity (Wildman–Crippen MR) is 75.1 cm³/mol. The quantitative estimate of drug-likeness (QED) is 0.639. The van der Waals surface area contributed by atoms with E-state index in [1.54, 1.807) is 4.90 Å². The molecule has 120 valence electrons. The minimum Gasteiger partial charge on any atom is -0.481 e. The van der Waals surface area contributed by atoms with E-state index in [9.17, 15) is 14.4 Å². The molecule has 3 N–H and O–H groups in total. The fraction of sp³-hybridized carbons (Fsp3) is 0.769. The van der Waals surface area contributed by atoms with Gasteiger partial charge in [0.1, 0.15) is 6.04 Å². The number of likely N-dealkylation sites (N-methyl/N-ethyl adjacent to an activating group) is 1. The van der Waals surface area contributed by atoms with Crippen molar-refractivity contribution in [2.24, 2.45) is 0 Å². The monoisotopic (exact) mass is 301 g/mol. The van der Waals surface area contributed by atoms with Gasteiger partial charge >= 0.3 is 18.0 Å². The number of hydrogen-bond donors (Lipinski definition) is 3. The molecule has 1 aliphatic heterocycles. The number of nitrogens with one attached hydrogen (secondary N) is 1. The van der Waals surface area contributed by atoms with Crippen molar-refractivity contribution in [2.45, 2.75) is 38.3 Å². The molecule has 0 aromatic rings. The summed E-state index contributed by atoms with van der Waals surface area (Å²) in [5.74, 6) is -2.30. The lowest BCUT2D eigenvalue weighted by molar-refractivity contribution is -0.140. The first-order valence-electron chi connectivity index (χ1n) is 7.05. The van der Waals surface area contributed by atoms with E-state index in [-0.39, 0.29) is 18.9 Å². The molecule has 8 nitrogen and oxygen atoms in total.